The predicted octanol–water partition coefficient (Wildman–Crippen LogP) is 3.65. The first-order chi connectivity index (χ1) is 12.7. The average Bonchev–Trinajstić information content (AvgIpc) is 3.08. The van der Waals surface area contributed by atoms with E-state index in [4.69, 9.17) is 4.74 Å². The topological polar surface area (TPSA) is 75.6 Å². The summed E-state index contributed by atoms with van der Waals surface area (Å²) in [7, 11) is 0. The lowest BCUT2D eigenvalue weighted by Gasteiger charge is -2.06. The number of carbonyl (C=O) groups is 1. The van der Waals surface area contributed by atoms with E-state index in [-0.39, 0.29) is 12.5 Å². The number of hydrogen-bond donors (Lipinski definition) is 2. The van der Waals surface area contributed by atoms with Crippen LogP contribution in [0.2, 0.25) is 0 Å². The van der Waals surface area contributed by atoms with Gasteiger partial charge in [0.05, 0.1) is 29.1 Å². The maximum absolute atomic E-state index is 12.0. The molecule has 6 nitrogen and oxygen atoms in total. The SMILES string of the molecule is CCOc1ccc(/C(C)=N\NC(=O)CNc2nc3ccccc3s2)cc1. The van der Waals surface area contributed by atoms with Crippen molar-refractivity contribution in [1.82, 2.24) is 10.4 Å². The van der Waals surface area contributed by atoms with Gasteiger partial charge in [-0.1, -0.05) is 23.5 Å². The Hall–Kier alpha value is -2.93. The van der Waals surface area contributed by atoms with E-state index in [1.807, 2.05) is 62.4 Å². The molecule has 0 spiro atoms. The third kappa shape index (κ3) is 4.58. The van der Waals surface area contributed by atoms with E-state index in [9.17, 15) is 4.79 Å². The standard InChI is InChI=1S/C19H20N4O2S/c1-3-25-15-10-8-14(9-11-15)13(2)22-23-18(24)12-20-19-21-16-6-4-5-7-17(16)26-19/h4-11H,3,12H2,1-2H3,(H,20,21)(H,23,24)/b22-13-. The number of carbonyl (C=O) groups excluding carboxylic acids is 1. The molecule has 0 aliphatic rings. The number of rotatable bonds is 7. The van der Waals surface area contributed by atoms with E-state index in [0.29, 0.717) is 11.7 Å². The summed E-state index contributed by atoms with van der Waals surface area (Å²) in [6.45, 7) is 4.53. The zero-order valence-corrected chi connectivity index (χ0v) is 15.5. The molecule has 0 unspecified atom stereocenters. The molecule has 3 rings (SSSR count). The molecule has 7 heteroatoms. The van der Waals surface area contributed by atoms with Crippen LogP contribution in [0.5, 0.6) is 5.75 Å². The normalized spacial score (nSPS) is 11.4. The van der Waals surface area contributed by atoms with Gasteiger partial charge in [-0.25, -0.2) is 10.4 Å². The molecule has 134 valence electrons. The van der Waals surface area contributed by atoms with Gasteiger partial charge in [-0.05, 0) is 55.8 Å². The molecule has 0 aliphatic carbocycles. The van der Waals surface area contributed by atoms with E-state index in [0.717, 1.165) is 27.2 Å². The Balaban J connectivity index is 1.53. The van der Waals surface area contributed by atoms with Crippen LogP contribution in [-0.4, -0.2) is 29.8 Å². The van der Waals surface area contributed by atoms with Gasteiger partial charge in [0.25, 0.3) is 5.91 Å². The van der Waals surface area contributed by atoms with E-state index in [1.165, 1.54) is 11.3 Å². The summed E-state index contributed by atoms with van der Waals surface area (Å²) < 4.78 is 6.49. The van der Waals surface area contributed by atoms with Gasteiger partial charge in [-0.2, -0.15) is 5.10 Å². The van der Waals surface area contributed by atoms with Crippen molar-refractivity contribution >= 4 is 38.3 Å². The van der Waals surface area contributed by atoms with Crippen molar-refractivity contribution in [3.05, 3.63) is 54.1 Å². The molecule has 0 atom stereocenters. The minimum absolute atomic E-state index is 0.111. The average molecular weight is 368 g/mol. The molecular formula is C19H20N4O2S. The zero-order chi connectivity index (χ0) is 18.4. The molecule has 0 saturated heterocycles. The number of hydrazone groups is 1. The van der Waals surface area contributed by atoms with Crippen LogP contribution < -0.4 is 15.5 Å². The number of thiazole rings is 1. The van der Waals surface area contributed by atoms with Gasteiger partial charge >= 0.3 is 0 Å². The summed E-state index contributed by atoms with van der Waals surface area (Å²) in [6, 6.07) is 15.4. The van der Waals surface area contributed by atoms with Crippen molar-refractivity contribution in [1.29, 1.82) is 0 Å². The Kier molecular flexibility index (Phi) is 5.80. The fourth-order valence-corrected chi connectivity index (χ4v) is 3.17. The molecule has 0 fully saturated rings. The predicted molar refractivity (Wildman–Crippen MR) is 106 cm³/mol. The maximum Gasteiger partial charge on any atom is 0.259 e. The van der Waals surface area contributed by atoms with Crippen LogP contribution >= 0.6 is 11.3 Å². The van der Waals surface area contributed by atoms with Crippen LogP contribution in [0.3, 0.4) is 0 Å². The smallest absolute Gasteiger partial charge is 0.259 e. The molecule has 3 aromatic rings. The minimum atomic E-state index is -0.227. The third-order valence-corrected chi connectivity index (χ3v) is 4.62. The summed E-state index contributed by atoms with van der Waals surface area (Å²) in [6.07, 6.45) is 0. The minimum Gasteiger partial charge on any atom is -0.494 e. The van der Waals surface area contributed by atoms with Gasteiger partial charge in [0, 0.05) is 0 Å². The number of nitrogens with one attached hydrogen (secondary N) is 2. The van der Waals surface area contributed by atoms with Crippen LogP contribution in [-0.2, 0) is 4.79 Å². The van der Waals surface area contributed by atoms with Crippen LogP contribution in [0, 0.1) is 0 Å². The number of benzene rings is 2. The largest absolute Gasteiger partial charge is 0.494 e. The summed E-state index contributed by atoms with van der Waals surface area (Å²) in [4.78, 5) is 16.4. The van der Waals surface area contributed by atoms with Gasteiger partial charge in [0.2, 0.25) is 0 Å². The number of anilines is 1. The zero-order valence-electron chi connectivity index (χ0n) is 14.7. The quantitative estimate of drug-likeness (QED) is 0.493. The second-order valence-corrected chi connectivity index (χ2v) is 6.56. The van der Waals surface area contributed by atoms with E-state index < -0.39 is 0 Å². The molecule has 1 heterocycles. The molecule has 0 radical (unpaired) electrons. The van der Waals surface area contributed by atoms with Crippen molar-refractivity contribution in [2.24, 2.45) is 5.10 Å². The first-order valence-electron chi connectivity index (χ1n) is 8.31. The molecule has 0 saturated carbocycles. The highest BCUT2D eigenvalue weighted by Crippen LogP contribution is 2.24. The monoisotopic (exact) mass is 368 g/mol. The lowest BCUT2D eigenvalue weighted by Crippen LogP contribution is -2.26. The van der Waals surface area contributed by atoms with Gasteiger partial charge < -0.3 is 10.1 Å². The Bertz CT molecular complexity index is 886. The van der Waals surface area contributed by atoms with Gasteiger partial charge in [0.15, 0.2) is 5.13 Å². The van der Waals surface area contributed by atoms with Crippen molar-refractivity contribution in [3.8, 4) is 5.75 Å². The van der Waals surface area contributed by atoms with Crippen molar-refractivity contribution in [3.63, 3.8) is 0 Å². The Morgan fingerprint density at radius 2 is 1.96 bits per heavy atom. The van der Waals surface area contributed by atoms with Crippen molar-refractivity contribution in [2.45, 2.75) is 13.8 Å². The number of fused-ring (bicyclic) bond motifs is 1. The number of para-hydroxylation sites is 1. The molecule has 1 amide bonds. The number of ether oxygens (including phenoxy) is 1. The van der Waals surface area contributed by atoms with Crippen molar-refractivity contribution < 1.29 is 9.53 Å². The fourth-order valence-electron chi connectivity index (χ4n) is 2.31. The molecule has 2 aromatic carbocycles. The van der Waals surface area contributed by atoms with Crippen LogP contribution in [0.15, 0.2) is 53.6 Å². The highest BCUT2D eigenvalue weighted by atomic mass is 32.1. The van der Waals surface area contributed by atoms with Crippen LogP contribution in [0.25, 0.3) is 10.2 Å². The first kappa shape index (κ1) is 17.9. The molecular weight excluding hydrogens is 348 g/mol. The first-order valence-corrected chi connectivity index (χ1v) is 9.13. The second-order valence-electron chi connectivity index (χ2n) is 5.53. The van der Waals surface area contributed by atoms with Gasteiger partial charge in [-0.15, -0.1) is 0 Å². The van der Waals surface area contributed by atoms with E-state index >= 15 is 0 Å². The molecule has 1 aromatic heterocycles. The Morgan fingerprint density at radius 3 is 2.69 bits per heavy atom. The van der Waals surface area contributed by atoms with Crippen LogP contribution in [0.4, 0.5) is 5.13 Å². The number of amides is 1. The summed E-state index contributed by atoms with van der Waals surface area (Å²) >= 11 is 1.52. The number of nitrogens with zero attached hydrogens (tertiary/aromatic N) is 2. The summed E-state index contributed by atoms with van der Waals surface area (Å²) in [5.74, 6) is 0.586. The molecule has 0 bridgehead atoms. The van der Waals surface area contributed by atoms with E-state index in [1.54, 1.807) is 0 Å². The van der Waals surface area contributed by atoms with Gasteiger partial charge in [0.1, 0.15) is 5.75 Å². The van der Waals surface area contributed by atoms with Crippen LogP contribution in [0.1, 0.15) is 19.4 Å². The van der Waals surface area contributed by atoms with E-state index in [2.05, 4.69) is 20.8 Å². The fraction of sp³-hybridized carbons (Fsp3) is 0.211. The second kappa shape index (κ2) is 8.44. The third-order valence-electron chi connectivity index (χ3n) is 3.63. The molecule has 26 heavy (non-hydrogen) atoms. The number of aromatic nitrogens is 1. The van der Waals surface area contributed by atoms with Crippen molar-refractivity contribution in [2.75, 3.05) is 18.5 Å². The Labute approximate surface area is 155 Å². The molecule has 2 N–H and O–H groups in total. The lowest BCUT2D eigenvalue weighted by molar-refractivity contribution is -0.119. The van der Waals surface area contributed by atoms with Gasteiger partial charge in [-0.3, -0.25) is 4.79 Å². The summed E-state index contributed by atoms with van der Waals surface area (Å²) in [5, 5.41) is 7.89. The Morgan fingerprint density at radius 1 is 1.19 bits per heavy atom. The highest BCUT2D eigenvalue weighted by molar-refractivity contribution is 7.22. The molecule has 0 aliphatic heterocycles. The maximum atomic E-state index is 12.0. The summed E-state index contributed by atoms with van der Waals surface area (Å²) in [5.41, 5.74) is 5.13. The number of hydrogen-bond acceptors (Lipinski definition) is 6. The lowest BCUT2D eigenvalue weighted by atomic mass is 10.1. The highest BCUT2D eigenvalue weighted by Gasteiger charge is 2.06.